The van der Waals surface area contributed by atoms with Crippen LogP contribution in [0.25, 0.3) is 0 Å². The molecule has 0 bridgehead atoms. The summed E-state index contributed by atoms with van der Waals surface area (Å²) in [6.07, 6.45) is -0.436. The lowest BCUT2D eigenvalue weighted by atomic mass is 10.00. The summed E-state index contributed by atoms with van der Waals surface area (Å²) in [5.41, 5.74) is 11.8. The van der Waals surface area contributed by atoms with Crippen LogP contribution in [0, 0.1) is 11.8 Å². The molecule has 0 aromatic rings. The molecule has 2 aliphatic rings. The molecule has 0 aromatic heterocycles. The maximum absolute atomic E-state index is 12.2. The predicted octanol–water partition coefficient (Wildman–Crippen LogP) is 0.354. The van der Waals surface area contributed by atoms with E-state index in [-0.39, 0.29) is 25.0 Å². The molecule has 150 valence electrons. The molecular weight excluding hydrogens is 340 g/mol. The van der Waals surface area contributed by atoms with E-state index < -0.39 is 48.4 Å². The summed E-state index contributed by atoms with van der Waals surface area (Å²) in [4.78, 5) is 24.4. The summed E-state index contributed by atoms with van der Waals surface area (Å²) in [6.45, 7) is 8.13. The molecule has 2 unspecified atom stereocenters. The van der Waals surface area contributed by atoms with Crippen LogP contribution in [0.5, 0.6) is 0 Å². The van der Waals surface area contributed by atoms with Crippen molar-refractivity contribution in [1.82, 2.24) is 0 Å². The molecule has 2 saturated heterocycles. The van der Waals surface area contributed by atoms with E-state index in [1.165, 1.54) is 0 Å². The first-order chi connectivity index (χ1) is 12.3. The van der Waals surface area contributed by atoms with Crippen LogP contribution in [0.4, 0.5) is 0 Å². The highest BCUT2D eigenvalue weighted by molar-refractivity contribution is 5.76. The highest BCUT2D eigenvalue weighted by atomic mass is 16.7. The largest absolute Gasteiger partial charge is 0.456 e. The minimum Gasteiger partial charge on any atom is -0.456 e. The molecule has 26 heavy (non-hydrogen) atoms. The van der Waals surface area contributed by atoms with Crippen molar-refractivity contribution < 1.29 is 28.5 Å². The van der Waals surface area contributed by atoms with E-state index >= 15 is 0 Å². The number of ether oxygens (including phenoxy) is 4. The Labute approximate surface area is 154 Å². The van der Waals surface area contributed by atoms with Crippen LogP contribution >= 0.6 is 0 Å². The highest BCUT2D eigenvalue weighted by Crippen LogP contribution is 2.31. The quantitative estimate of drug-likeness (QED) is 0.585. The fourth-order valence-corrected chi connectivity index (χ4v) is 3.06. The number of carbonyl (C=O) groups excluding carboxylic acids is 2. The second-order valence-corrected chi connectivity index (χ2v) is 7.37. The average molecular weight is 372 g/mol. The van der Waals surface area contributed by atoms with Gasteiger partial charge in [0.15, 0.2) is 12.2 Å². The minimum atomic E-state index is -0.678. The lowest BCUT2D eigenvalue weighted by Gasteiger charge is -2.22. The number of esters is 2. The van der Waals surface area contributed by atoms with Crippen LogP contribution in [-0.4, -0.2) is 61.7 Å². The van der Waals surface area contributed by atoms with E-state index in [0.717, 1.165) is 12.8 Å². The van der Waals surface area contributed by atoms with Gasteiger partial charge < -0.3 is 30.4 Å². The summed E-state index contributed by atoms with van der Waals surface area (Å²) < 4.78 is 22.3. The molecule has 2 fully saturated rings. The number of rotatable bonds is 8. The Morgan fingerprint density at radius 1 is 0.885 bits per heavy atom. The lowest BCUT2D eigenvalue weighted by Crippen LogP contribution is -2.44. The Hall–Kier alpha value is -1.22. The Kier molecular flexibility index (Phi) is 7.40. The molecule has 0 aliphatic carbocycles. The molecule has 2 rings (SSSR count). The Morgan fingerprint density at radius 3 is 1.54 bits per heavy atom. The van der Waals surface area contributed by atoms with Crippen molar-refractivity contribution in [2.75, 3.05) is 13.2 Å². The first kappa shape index (κ1) is 21.1. The van der Waals surface area contributed by atoms with Crippen LogP contribution in [-0.2, 0) is 28.5 Å². The van der Waals surface area contributed by atoms with Crippen LogP contribution < -0.4 is 11.5 Å². The predicted molar refractivity (Wildman–Crippen MR) is 94.1 cm³/mol. The van der Waals surface area contributed by atoms with Gasteiger partial charge in [-0.05, 0) is 11.8 Å². The van der Waals surface area contributed by atoms with Gasteiger partial charge in [-0.1, -0.05) is 40.5 Å². The van der Waals surface area contributed by atoms with E-state index in [1.807, 2.05) is 27.7 Å². The molecule has 0 radical (unpaired) electrons. The zero-order chi connectivity index (χ0) is 19.4. The van der Waals surface area contributed by atoms with Crippen molar-refractivity contribution in [2.45, 2.75) is 77.0 Å². The third kappa shape index (κ3) is 4.54. The van der Waals surface area contributed by atoms with E-state index in [9.17, 15) is 9.59 Å². The average Bonchev–Trinajstić information content (AvgIpc) is 3.22. The fraction of sp³-hybridized carbons (Fsp3) is 0.889. The standard InChI is InChI=1S/C18H32N2O6/c1-5-9(3)13(19)17(21)25-11-7-23-16-12(8-24-15(11)16)26-18(22)14(20)10(4)6-2/h9-16H,5-8,19-20H2,1-4H3/t9-,10-,11+,12+,13-,14-,15?,16?/m0/s1. The number of fused-ring (bicyclic) bond motifs is 1. The van der Waals surface area contributed by atoms with Gasteiger partial charge in [-0.25, -0.2) is 0 Å². The molecule has 0 amide bonds. The third-order valence-electron chi connectivity index (χ3n) is 5.56. The Bertz CT molecular complexity index is 458. The van der Waals surface area contributed by atoms with Crippen molar-refractivity contribution in [3.63, 3.8) is 0 Å². The minimum absolute atomic E-state index is 0.0286. The fourth-order valence-electron chi connectivity index (χ4n) is 3.06. The van der Waals surface area contributed by atoms with Crippen molar-refractivity contribution >= 4 is 11.9 Å². The van der Waals surface area contributed by atoms with Crippen LogP contribution in [0.15, 0.2) is 0 Å². The molecule has 2 heterocycles. The third-order valence-corrected chi connectivity index (χ3v) is 5.56. The number of hydrogen-bond acceptors (Lipinski definition) is 8. The zero-order valence-corrected chi connectivity index (χ0v) is 16.1. The summed E-state index contributed by atoms with van der Waals surface area (Å²) in [5, 5.41) is 0. The summed E-state index contributed by atoms with van der Waals surface area (Å²) >= 11 is 0. The van der Waals surface area contributed by atoms with Gasteiger partial charge in [-0.3, -0.25) is 9.59 Å². The normalized spacial score (nSPS) is 32.4. The van der Waals surface area contributed by atoms with Crippen LogP contribution in [0.1, 0.15) is 40.5 Å². The van der Waals surface area contributed by atoms with E-state index in [2.05, 4.69) is 0 Å². The maximum Gasteiger partial charge on any atom is 0.323 e. The molecule has 4 N–H and O–H groups in total. The first-order valence-electron chi connectivity index (χ1n) is 9.45. The summed E-state index contributed by atoms with van der Waals surface area (Å²) in [6, 6.07) is -1.36. The molecule has 8 heteroatoms. The van der Waals surface area contributed by atoms with Gasteiger partial charge in [0.2, 0.25) is 0 Å². The molecule has 8 atom stereocenters. The molecular formula is C18H32N2O6. The van der Waals surface area contributed by atoms with E-state index in [4.69, 9.17) is 30.4 Å². The van der Waals surface area contributed by atoms with Crippen LogP contribution in [0.3, 0.4) is 0 Å². The zero-order valence-electron chi connectivity index (χ0n) is 16.1. The molecule has 0 aromatic carbocycles. The monoisotopic (exact) mass is 372 g/mol. The van der Waals surface area contributed by atoms with E-state index in [0.29, 0.717) is 0 Å². The molecule has 0 spiro atoms. The smallest absolute Gasteiger partial charge is 0.323 e. The highest BCUT2D eigenvalue weighted by Gasteiger charge is 2.51. The maximum atomic E-state index is 12.2. The second kappa shape index (κ2) is 9.12. The summed E-state index contributed by atoms with van der Waals surface area (Å²) in [7, 11) is 0. The molecule has 2 aliphatic heterocycles. The Balaban J connectivity index is 1.89. The first-order valence-corrected chi connectivity index (χ1v) is 9.45. The topological polar surface area (TPSA) is 123 Å². The van der Waals surface area contributed by atoms with Gasteiger partial charge in [0, 0.05) is 0 Å². The molecule has 0 saturated carbocycles. The Morgan fingerprint density at radius 2 is 1.23 bits per heavy atom. The van der Waals surface area contributed by atoms with Gasteiger partial charge >= 0.3 is 11.9 Å². The number of hydrogen-bond donors (Lipinski definition) is 2. The number of nitrogens with two attached hydrogens (primary N) is 2. The van der Waals surface area contributed by atoms with Gasteiger partial charge in [0.05, 0.1) is 13.2 Å². The van der Waals surface area contributed by atoms with E-state index in [1.54, 1.807) is 0 Å². The van der Waals surface area contributed by atoms with Crippen molar-refractivity contribution in [2.24, 2.45) is 23.3 Å². The second-order valence-electron chi connectivity index (χ2n) is 7.37. The van der Waals surface area contributed by atoms with Crippen molar-refractivity contribution in [3.05, 3.63) is 0 Å². The van der Waals surface area contributed by atoms with Crippen LogP contribution in [0.2, 0.25) is 0 Å². The van der Waals surface area contributed by atoms with Gasteiger partial charge in [-0.2, -0.15) is 0 Å². The number of carbonyl (C=O) groups is 2. The van der Waals surface area contributed by atoms with Crippen molar-refractivity contribution in [3.8, 4) is 0 Å². The lowest BCUT2D eigenvalue weighted by molar-refractivity contribution is -0.158. The van der Waals surface area contributed by atoms with Crippen molar-refractivity contribution in [1.29, 1.82) is 0 Å². The summed E-state index contributed by atoms with van der Waals surface area (Å²) in [5.74, 6) is -0.866. The van der Waals surface area contributed by atoms with Gasteiger partial charge in [0.25, 0.3) is 0 Å². The molecule has 8 nitrogen and oxygen atoms in total. The van der Waals surface area contributed by atoms with Gasteiger partial charge in [0.1, 0.15) is 24.3 Å². The van der Waals surface area contributed by atoms with Gasteiger partial charge in [-0.15, -0.1) is 0 Å². The SMILES string of the molecule is CC[C@H](C)[C@H](N)C(=O)O[C@@H]1COC2C1OC[C@H]2OC(=O)[C@@H](N)[C@@H](C)CC.